The lowest BCUT2D eigenvalue weighted by Gasteiger charge is -2.07. The number of hydrogen-bond donors (Lipinski definition) is 1. The molecule has 0 aromatic heterocycles. The van der Waals surface area contributed by atoms with Crippen molar-refractivity contribution in [2.75, 3.05) is 0 Å². The first kappa shape index (κ1) is 9.24. The minimum atomic E-state index is -0.174. The maximum Gasteiger partial charge on any atom is 0.0641 e. The second-order valence-electron chi connectivity index (χ2n) is 2.52. The summed E-state index contributed by atoms with van der Waals surface area (Å²) in [5.74, 6) is 0. The first-order chi connectivity index (χ1) is 5.74. The summed E-state index contributed by atoms with van der Waals surface area (Å²) in [6.45, 7) is 0. The van der Waals surface area contributed by atoms with Crippen LogP contribution in [0.15, 0.2) is 28.7 Å². The van der Waals surface area contributed by atoms with Crippen molar-refractivity contribution in [1.82, 2.24) is 0 Å². The quantitative estimate of drug-likeness (QED) is 0.839. The Balaban J connectivity index is 2.82. The lowest BCUT2D eigenvalue weighted by Crippen LogP contribution is -2.08. The average molecular weight is 225 g/mol. The zero-order chi connectivity index (χ0) is 8.97. The number of rotatable bonds is 2. The van der Waals surface area contributed by atoms with Gasteiger partial charge >= 0.3 is 0 Å². The molecular formula is C9H9BrN2. The van der Waals surface area contributed by atoms with E-state index in [0.717, 1.165) is 10.0 Å². The van der Waals surface area contributed by atoms with Crippen molar-refractivity contribution in [2.45, 2.75) is 12.5 Å². The molecule has 1 aromatic carbocycles. The van der Waals surface area contributed by atoms with Gasteiger partial charge in [0.2, 0.25) is 0 Å². The Morgan fingerprint density at radius 1 is 1.58 bits per heavy atom. The second kappa shape index (κ2) is 4.24. The van der Waals surface area contributed by atoms with E-state index < -0.39 is 0 Å². The normalized spacial score (nSPS) is 12.1. The zero-order valence-electron chi connectivity index (χ0n) is 6.50. The summed E-state index contributed by atoms with van der Waals surface area (Å²) >= 11 is 3.34. The lowest BCUT2D eigenvalue weighted by molar-refractivity contribution is 0.748. The van der Waals surface area contributed by atoms with Crippen LogP contribution in [0.2, 0.25) is 0 Å². The summed E-state index contributed by atoms with van der Waals surface area (Å²) in [4.78, 5) is 0. The van der Waals surface area contributed by atoms with E-state index in [1.54, 1.807) is 0 Å². The molecule has 1 rings (SSSR count). The number of nitrogens with zero attached hydrogens (tertiary/aromatic N) is 1. The van der Waals surface area contributed by atoms with Crippen molar-refractivity contribution in [3.8, 4) is 6.07 Å². The van der Waals surface area contributed by atoms with E-state index in [1.165, 1.54) is 0 Å². The fourth-order valence-electron chi connectivity index (χ4n) is 0.953. The van der Waals surface area contributed by atoms with Gasteiger partial charge in [0.1, 0.15) is 0 Å². The third-order valence-electron chi connectivity index (χ3n) is 1.59. The van der Waals surface area contributed by atoms with Gasteiger partial charge in [-0.05, 0) is 17.7 Å². The van der Waals surface area contributed by atoms with E-state index in [9.17, 15) is 0 Å². The molecule has 3 heteroatoms. The van der Waals surface area contributed by atoms with Gasteiger partial charge in [0.15, 0.2) is 0 Å². The molecule has 1 aromatic rings. The van der Waals surface area contributed by atoms with Gasteiger partial charge in [-0.15, -0.1) is 0 Å². The number of nitrogens with two attached hydrogens (primary N) is 1. The molecule has 1 atom stereocenters. The van der Waals surface area contributed by atoms with Crippen LogP contribution < -0.4 is 5.73 Å². The van der Waals surface area contributed by atoms with E-state index >= 15 is 0 Å². The van der Waals surface area contributed by atoms with Crippen molar-refractivity contribution in [2.24, 2.45) is 5.73 Å². The first-order valence-electron chi connectivity index (χ1n) is 3.62. The maximum atomic E-state index is 8.43. The molecule has 0 saturated carbocycles. The third-order valence-corrected chi connectivity index (χ3v) is 2.08. The van der Waals surface area contributed by atoms with E-state index in [0.29, 0.717) is 6.42 Å². The molecule has 12 heavy (non-hydrogen) atoms. The van der Waals surface area contributed by atoms with E-state index in [4.69, 9.17) is 11.0 Å². The van der Waals surface area contributed by atoms with Gasteiger partial charge in [-0.25, -0.2) is 0 Å². The van der Waals surface area contributed by atoms with Gasteiger partial charge in [0.05, 0.1) is 12.5 Å². The maximum absolute atomic E-state index is 8.43. The zero-order valence-corrected chi connectivity index (χ0v) is 8.08. The summed E-state index contributed by atoms with van der Waals surface area (Å²) in [6, 6.07) is 9.57. The van der Waals surface area contributed by atoms with Crippen LogP contribution >= 0.6 is 15.9 Å². The SMILES string of the molecule is N#CC[C@H](N)c1cccc(Br)c1. The topological polar surface area (TPSA) is 49.8 Å². The molecule has 0 spiro atoms. The highest BCUT2D eigenvalue weighted by Gasteiger charge is 2.04. The van der Waals surface area contributed by atoms with Gasteiger partial charge in [-0.2, -0.15) is 5.26 Å². The monoisotopic (exact) mass is 224 g/mol. The van der Waals surface area contributed by atoms with Gasteiger partial charge in [0.25, 0.3) is 0 Å². The summed E-state index contributed by atoms with van der Waals surface area (Å²) in [5, 5.41) is 8.43. The van der Waals surface area contributed by atoms with Crippen molar-refractivity contribution < 1.29 is 0 Å². The van der Waals surface area contributed by atoms with Crippen LogP contribution in [0.5, 0.6) is 0 Å². The second-order valence-corrected chi connectivity index (χ2v) is 3.44. The number of nitriles is 1. The van der Waals surface area contributed by atoms with Crippen LogP contribution in [-0.4, -0.2) is 0 Å². The molecule has 62 valence electrons. The molecule has 0 heterocycles. The van der Waals surface area contributed by atoms with Gasteiger partial charge in [0, 0.05) is 10.5 Å². The molecule has 0 fully saturated rings. The molecule has 0 bridgehead atoms. The lowest BCUT2D eigenvalue weighted by atomic mass is 10.1. The Hall–Kier alpha value is -0.850. The molecule has 0 aliphatic carbocycles. The van der Waals surface area contributed by atoms with Gasteiger partial charge < -0.3 is 5.73 Å². The Labute approximate surface area is 80.1 Å². The molecule has 0 aliphatic rings. The van der Waals surface area contributed by atoms with Gasteiger partial charge in [-0.3, -0.25) is 0 Å². The smallest absolute Gasteiger partial charge is 0.0641 e. The van der Waals surface area contributed by atoms with E-state index in [1.807, 2.05) is 30.3 Å². The first-order valence-corrected chi connectivity index (χ1v) is 4.41. The Bertz CT molecular complexity index is 304. The van der Waals surface area contributed by atoms with Crippen molar-refractivity contribution in [3.05, 3.63) is 34.3 Å². The fraction of sp³-hybridized carbons (Fsp3) is 0.222. The predicted molar refractivity (Wildman–Crippen MR) is 51.3 cm³/mol. The predicted octanol–water partition coefficient (Wildman–Crippen LogP) is 2.36. The number of benzene rings is 1. The Morgan fingerprint density at radius 3 is 2.92 bits per heavy atom. The minimum Gasteiger partial charge on any atom is -0.323 e. The van der Waals surface area contributed by atoms with Crippen LogP contribution in [0.25, 0.3) is 0 Å². The third kappa shape index (κ3) is 2.33. The van der Waals surface area contributed by atoms with Crippen molar-refractivity contribution in [3.63, 3.8) is 0 Å². The molecule has 0 unspecified atom stereocenters. The van der Waals surface area contributed by atoms with Crippen molar-refractivity contribution >= 4 is 15.9 Å². The molecule has 2 nitrogen and oxygen atoms in total. The van der Waals surface area contributed by atoms with Crippen LogP contribution in [0.4, 0.5) is 0 Å². The van der Waals surface area contributed by atoms with Crippen LogP contribution in [-0.2, 0) is 0 Å². The van der Waals surface area contributed by atoms with Crippen LogP contribution in [0, 0.1) is 11.3 Å². The van der Waals surface area contributed by atoms with E-state index in [2.05, 4.69) is 15.9 Å². The Kier molecular flexibility index (Phi) is 3.27. The highest BCUT2D eigenvalue weighted by Crippen LogP contribution is 2.18. The average Bonchev–Trinajstić information content (AvgIpc) is 2.05. The van der Waals surface area contributed by atoms with Crippen LogP contribution in [0.3, 0.4) is 0 Å². The molecule has 0 radical (unpaired) electrons. The molecule has 0 aliphatic heterocycles. The molecular weight excluding hydrogens is 216 g/mol. The molecule has 0 saturated heterocycles. The summed E-state index contributed by atoms with van der Waals surface area (Å²) in [7, 11) is 0. The Morgan fingerprint density at radius 2 is 2.33 bits per heavy atom. The standard InChI is InChI=1S/C9H9BrN2/c10-8-3-1-2-7(6-8)9(12)4-5-11/h1-3,6,9H,4,12H2/t9-/m0/s1. The fourth-order valence-corrected chi connectivity index (χ4v) is 1.37. The van der Waals surface area contributed by atoms with Crippen molar-refractivity contribution in [1.29, 1.82) is 5.26 Å². The van der Waals surface area contributed by atoms with Gasteiger partial charge in [-0.1, -0.05) is 28.1 Å². The summed E-state index contributed by atoms with van der Waals surface area (Å²) in [6.07, 6.45) is 0.358. The number of halogens is 1. The largest absolute Gasteiger partial charge is 0.323 e. The summed E-state index contributed by atoms with van der Waals surface area (Å²) < 4.78 is 0.994. The minimum absolute atomic E-state index is 0.174. The highest BCUT2D eigenvalue weighted by molar-refractivity contribution is 9.10. The highest BCUT2D eigenvalue weighted by atomic mass is 79.9. The number of hydrogen-bond acceptors (Lipinski definition) is 2. The van der Waals surface area contributed by atoms with E-state index in [-0.39, 0.29) is 6.04 Å². The summed E-state index contributed by atoms with van der Waals surface area (Å²) in [5.41, 5.74) is 6.72. The molecule has 0 amide bonds. The molecule has 2 N–H and O–H groups in total. The van der Waals surface area contributed by atoms with Crippen LogP contribution in [0.1, 0.15) is 18.0 Å².